The molecule has 1 aliphatic rings. The third kappa shape index (κ3) is 6.29. The predicted octanol–water partition coefficient (Wildman–Crippen LogP) is 2.94. The van der Waals surface area contributed by atoms with E-state index in [0.29, 0.717) is 19.6 Å². The van der Waals surface area contributed by atoms with Gasteiger partial charge in [0.1, 0.15) is 29.8 Å². The van der Waals surface area contributed by atoms with E-state index in [1.165, 1.54) is 12.1 Å². The fourth-order valence-corrected chi connectivity index (χ4v) is 4.10. The van der Waals surface area contributed by atoms with Gasteiger partial charge in [0.2, 0.25) is 5.91 Å². The minimum Gasteiger partial charge on any atom is -0.489 e. The Bertz CT molecular complexity index is 1110. The van der Waals surface area contributed by atoms with Gasteiger partial charge in [-0.1, -0.05) is 43.0 Å². The Hall–Kier alpha value is -3.52. The number of nitrogens with one attached hydrogen (secondary N) is 1. The van der Waals surface area contributed by atoms with Crippen molar-refractivity contribution in [2.24, 2.45) is 0 Å². The van der Waals surface area contributed by atoms with Crippen LogP contribution in [0.15, 0.2) is 61.2 Å². The molecule has 0 unspecified atom stereocenters. The van der Waals surface area contributed by atoms with Crippen LogP contribution >= 0.6 is 0 Å². The summed E-state index contributed by atoms with van der Waals surface area (Å²) >= 11 is 0. The van der Waals surface area contributed by atoms with Crippen LogP contribution in [0.2, 0.25) is 0 Å². The standard InChI is InChI=1S/C26H30FN5O2/c1-2-17-34-23-6-4-3-5-21(23)19-31-14-12-25-30-29-24(32(25)16-15-31)11-13-28-26(33)18-20-7-9-22(27)10-8-20/h2-10H,1,11-19H2,(H,28,33). The van der Waals surface area contributed by atoms with Gasteiger partial charge in [0, 0.05) is 51.1 Å². The molecule has 1 amide bonds. The Kier molecular flexibility index (Phi) is 8.04. The number of benzene rings is 2. The van der Waals surface area contributed by atoms with Gasteiger partial charge in [-0.25, -0.2) is 4.39 Å². The van der Waals surface area contributed by atoms with Crippen LogP contribution in [-0.2, 0) is 37.1 Å². The van der Waals surface area contributed by atoms with Crippen molar-refractivity contribution in [1.82, 2.24) is 25.0 Å². The van der Waals surface area contributed by atoms with E-state index >= 15 is 0 Å². The van der Waals surface area contributed by atoms with Crippen LogP contribution in [0.4, 0.5) is 4.39 Å². The van der Waals surface area contributed by atoms with Gasteiger partial charge in [-0.05, 0) is 23.8 Å². The molecule has 0 aliphatic carbocycles. The number of hydrogen-bond donors (Lipinski definition) is 1. The van der Waals surface area contributed by atoms with Gasteiger partial charge in [-0.2, -0.15) is 0 Å². The lowest BCUT2D eigenvalue weighted by Gasteiger charge is -2.21. The molecule has 2 aromatic carbocycles. The van der Waals surface area contributed by atoms with Crippen LogP contribution in [0.25, 0.3) is 0 Å². The van der Waals surface area contributed by atoms with Crippen molar-refractivity contribution in [3.8, 4) is 5.75 Å². The number of carbonyl (C=O) groups excluding carboxylic acids is 1. The quantitative estimate of drug-likeness (QED) is 0.468. The first-order chi connectivity index (χ1) is 16.6. The van der Waals surface area contributed by atoms with Crippen LogP contribution in [0.1, 0.15) is 22.8 Å². The minimum absolute atomic E-state index is 0.0919. The van der Waals surface area contributed by atoms with Crippen LogP contribution in [0.5, 0.6) is 5.75 Å². The maximum absolute atomic E-state index is 13.0. The molecule has 1 N–H and O–H groups in total. The zero-order valence-corrected chi connectivity index (χ0v) is 19.3. The lowest BCUT2D eigenvalue weighted by molar-refractivity contribution is -0.120. The Labute approximate surface area is 199 Å². The molecule has 0 spiro atoms. The number of nitrogens with zero attached hydrogens (tertiary/aromatic N) is 4. The minimum atomic E-state index is -0.305. The number of amides is 1. The average molecular weight is 464 g/mol. The van der Waals surface area contributed by atoms with Crippen LogP contribution < -0.4 is 10.1 Å². The molecule has 1 aliphatic heterocycles. The van der Waals surface area contributed by atoms with Crippen LogP contribution in [0, 0.1) is 5.82 Å². The molecule has 3 aromatic rings. The lowest BCUT2D eigenvalue weighted by atomic mass is 10.1. The molecule has 4 rings (SSSR count). The summed E-state index contributed by atoms with van der Waals surface area (Å²) in [4.78, 5) is 14.6. The van der Waals surface area contributed by atoms with Crippen molar-refractivity contribution in [2.45, 2.75) is 32.4 Å². The second kappa shape index (κ2) is 11.6. The van der Waals surface area contributed by atoms with E-state index < -0.39 is 0 Å². The summed E-state index contributed by atoms with van der Waals surface area (Å²) in [5.41, 5.74) is 1.94. The van der Waals surface area contributed by atoms with E-state index in [1.54, 1.807) is 18.2 Å². The third-order valence-corrected chi connectivity index (χ3v) is 5.87. The summed E-state index contributed by atoms with van der Waals surface area (Å²) in [7, 11) is 0. The molecule has 178 valence electrons. The molecule has 0 fully saturated rings. The molecular weight excluding hydrogens is 433 g/mol. The van der Waals surface area contributed by atoms with Gasteiger partial charge in [0.15, 0.2) is 0 Å². The lowest BCUT2D eigenvalue weighted by Crippen LogP contribution is -2.29. The zero-order chi connectivity index (χ0) is 23.8. The summed E-state index contributed by atoms with van der Waals surface area (Å²) in [6.07, 6.45) is 3.41. The highest BCUT2D eigenvalue weighted by Crippen LogP contribution is 2.21. The molecular formula is C26H30FN5O2. The fraction of sp³-hybridized carbons (Fsp3) is 0.346. The van der Waals surface area contributed by atoms with E-state index in [-0.39, 0.29) is 18.1 Å². The summed E-state index contributed by atoms with van der Waals surface area (Å²) in [6, 6.07) is 14.1. The van der Waals surface area contributed by atoms with Gasteiger partial charge >= 0.3 is 0 Å². The molecule has 1 aromatic heterocycles. The van der Waals surface area contributed by atoms with Crippen molar-refractivity contribution < 1.29 is 13.9 Å². The van der Waals surface area contributed by atoms with E-state index in [9.17, 15) is 9.18 Å². The van der Waals surface area contributed by atoms with Gasteiger partial charge < -0.3 is 14.6 Å². The van der Waals surface area contributed by atoms with E-state index in [2.05, 4.69) is 37.6 Å². The molecule has 0 atom stereocenters. The highest BCUT2D eigenvalue weighted by molar-refractivity contribution is 5.78. The van der Waals surface area contributed by atoms with Crippen molar-refractivity contribution >= 4 is 5.91 Å². The summed E-state index contributed by atoms with van der Waals surface area (Å²) in [5.74, 6) is 2.36. The maximum Gasteiger partial charge on any atom is 0.224 e. The monoisotopic (exact) mass is 463 g/mol. The largest absolute Gasteiger partial charge is 0.489 e. The first kappa shape index (κ1) is 23.6. The average Bonchev–Trinajstić information content (AvgIpc) is 3.11. The highest BCUT2D eigenvalue weighted by Gasteiger charge is 2.19. The topological polar surface area (TPSA) is 72.3 Å². The van der Waals surface area contributed by atoms with Crippen molar-refractivity contribution in [3.05, 3.63) is 89.8 Å². The molecule has 34 heavy (non-hydrogen) atoms. The summed E-state index contributed by atoms with van der Waals surface area (Å²) in [5, 5.41) is 11.7. The van der Waals surface area contributed by atoms with Crippen molar-refractivity contribution in [3.63, 3.8) is 0 Å². The Balaban J connectivity index is 1.28. The molecule has 2 heterocycles. The van der Waals surface area contributed by atoms with Gasteiger partial charge in [-0.3, -0.25) is 9.69 Å². The first-order valence-electron chi connectivity index (χ1n) is 11.6. The molecule has 0 bridgehead atoms. The first-order valence-corrected chi connectivity index (χ1v) is 11.6. The van der Waals surface area contributed by atoms with Crippen molar-refractivity contribution in [2.75, 3.05) is 26.2 Å². The third-order valence-electron chi connectivity index (χ3n) is 5.87. The SMILES string of the molecule is C=CCOc1ccccc1CN1CCc2nnc(CCNC(=O)Cc3ccc(F)cc3)n2CC1. The van der Waals surface area contributed by atoms with Crippen molar-refractivity contribution in [1.29, 1.82) is 0 Å². The van der Waals surface area contributed by atoms with Crippen LogP contribution in [0.3, 0.4) is 0 Å². The number of ether oxygens (including phenoxy) is 1. The molecule has 7 nitrogen and oxygen atoms in total. The summed E-state index contributed by atoms with van der Waals surface area (Å²) in [6.45, 7) is 8.07. The predicted molar refractivity (Wildman–Crippen MR) is 128 cm³/mol. The maximum atomic E-state index is 13.0. The number of para-hydroxylation sites is 1. The number of halogens is 1. The highest BCUT2D eigenvalue weighted by atomic mass is 19.1. The van der Waals surface area contributed by atoms with E-state index in [1.807, 2.05) is 18.2 Å². The van der Waals surface area contributed by atoms with Gasteiger partial charge in [0.25, 0.3) is 0 Å². The molecule has 0 saturated heterocycles. The second-order valence-electron chi connectivity index (χ2n) is 8.32. The number of aromatic nitrogens is 3. The Morgan fingerprint density at radius 3 is 2.76 bits per heavy atom. The normalized spacial score (nSPS) is 13.7. The molecule has 8 heteroatoms. The number of hydrogen-bond acceptors (Lipinski definition) is 5. The van der Waals surface area contributed by atoms with E-state index in [0.717, 1.165) is 61.1 Å². The molecule has 0 radical (unpaired) electrons. The van der Waals surface area contributed by atoms with Crippen LogP contribution in [-0.4, -0.2) is 51.8 Å². The van der Waals surface area contributed by atoms with Gasteiger partial charge in [-0.15, -0.1) is 10.2 Å². The second-order valence-corrected chi connectivity index (χ2v) is 8.32. The number of fused-ring (bicyclic) bond motifs is 1. The number of rotatable bonds is 10. The van der Waals surface area contributed by atoms with E-state index in [4.69, 9.17) is 4.74 Å². The summed E-state index contributed by atoms with van der Waals surface area (Å²) < 4.78 is 21.0. The zero-order valence-electron chi connectivity index (χ0n) is 19.3. The smallest absolute Gasteiger partial charge is 0.224 e. The molecule has 0 saturated carbocycles. The fourth-order valence-electron chi connectivity index (χ4n) is 4.10. The Morgan fingerprint density at radius 2 is 1.94 bits per heavy atom. The van der Waals surface area contributed by atoms with Gasteiger partial charge in [0.05, 0.1) is 6.42 Å². The number of carbonyl (C=O) groups is 1. The Morgan fingerprint density at radius 1 is 1.12 bits per heavy atom.